The molecule has 5 heteroatoms. The Morgan fingerprint density at radius 2 is 1.86 bits per heavy atom. The summed E-state index contributed by atoms with van der Waals surface area (Å²) in [6.07, 6.45) is 6.63. The maximum Gasteiger partial charge on any atom is 0.236 e. The summed E-state index contributed by atoms with van der Waals surface area (Å²) in [5.41, 5.74) is 5.11. The SMILES string of the molecule is CCCC(CCC)(C(=O)N(CC)CC1CCC1)C(N)=NO. The van der Waals surface area contributed by atoms with Crippen molar-refractivity contribution in [1.29, 1.82) is 0 Å². The lowest BCUT2D eigenvalue weighted by molar-refractivity contribution is -0.140. The van der Waals surface area contributed by atoms with E-state index in [4.69, 9.17) is 10.9 Å². The van der Waals surface area contributed by atoms with Crippen molar-refractivity contribution in [2.75, 3.05) is 13.1 Å². The van der Waals surface area contributed by atoms with E-state index in [1.54, 1.807) is 0 Å². The number of amides is 1. The van der Waals surface area contributed by atoms with Crippen molar-refractivity contribution >= 4 is 11.7 Å². The Morgan fingerprint density at radius 3 is 2.19 bits per heavy atom. The van der Waals surface area contributed by atoms with E-state index in [1.165, 1.54) is 19.3 Å². The molecule has 0 aromatic heterocycles. The van der Waals surface area contributed by atoms with E-state index in [9.17, 15) is 4.79 Å². The normalized spacial score (nSPS) is 16.6. The number of oxime groups is 1. The van der Waals surface area contributed by atoms with Gasteiger partial charge in [-0.15, -0.1) is 0 Å². The molecule has 1 aliphatic rings. The Morgan fingerprint density at radius 1 is 1.29 bits per heavy atom. The molecule has 1 rings (SSSR count). The minimum Gasteiger partial charge on any atom is -0.409 e. The zero-order valence-corrected chi connectivity index (χ0v) is 13.8. The van der Waals surface area contributed by atoms with Crippen molar-refractivity contribution in [2.24, 2.45) is 22.2 Å². The van der Waals surface area contributed by atoms with Gasteiger partial charge in [-0.25, -0.2) is 0 Å². The highest BCUT2D eigenvalue weighted by Gasteiger charge is 2.44. The number of nitrogens with two attached hydrogens (primary N) is 1. The first kappa shape index (κ1) is 17.8. The van der Waals surface area contributed by atoms with Crippen LogP contribution in [0.2, 0.25) is 0 Å². The Bertz CT molecular complexity index is 359. The van der Waals surface area contributed by atoms with E-state index < -0.39 is 5.41 Å². The van der Waals surface area contributed by atoms with Gasteiger partial charge in [0.25, 0.3) is 0 Å². The predicted molar refractivity (Wildman–Crippen MR) is 85.3 cm³/mol. The van der Waals surface area contributed by atoms with Gasteiger partial charge in [0.05, 0.1) is 0 Å². The molecule has 1 aliphatic carbocycles. The standard InChI is InChI=1S/C16H31N3O2/c1-4-10-16(11-5-2,14(17)18-21)15(20)19(6-3)12-13-8-7-9-13/h13,21H,4-12H2,1-3H3,(H2,17,18). The molecule has 0 unspecified atom stereocenters. The third kappa shape index (κ3) is 3.89. The Kier molecular flexibility index (Phi) is 6.99. The average Bonchev–Trinajstić information content (AvgIpc) is 2.44. The largest absolute Gasteiger partial charge is 0.409 e. The second kappa shape index (κ2) is 8.25. The number of carbonyl (C=O) groups is 1. The van der Waals surface area contributed by atoms with Crippen LogP contribution < -0.4 is 5.73 Å². The second-order valence-electron chi connectivity index (χ2n) is 6.21. The van der Waals surface area contributed by atoms with Gasteiger partial charge in [-0.3, -0.25) is 4.79 Å². The molecule has 5 nitrogen and oxygen atoms in total. The van der Waals surface area contributed by atoms with Gasteiger partial charge in [0.2, 0.25) is 5.91 Å². The van der Waals surface area contributed by atoms with Gasteiger partial charge in [-0.05, 0) is 38.5 Å². The third-order valence-corrected chi connectivity index (χ3v) is 4.73. The lowest BCUT2D eigenvalue weighted by Crippen LogP contribution is -2.52. The molecule has 3 N–H and O–H groups in total. The molecular formula is C16H31N3O2. The lowest BCUT2D eigenvalue weighted by atomic mass is 9.76. The molecule has 1 fully saturated rings. The van der Waals surface area contributed by atoms with Crippen LogP contribution in [0, 0.1) is 11.3 Å². The monoisotopic (exact) mass is 297 g/mol. The maximum absolute atomic E-state index is 13.1. The molecule has 21 heavy (non-hydrogen) atoms. The van der Waals surface area contributed by atoms with E-state index in [2.05, 4.69) is 5.16 Å². The highest BCUT2D eigenvalue weighted by Crippen LogP contribution is 2.34. The molecule has 1 saturated carbocycles. The molecule has 0 spiro atoms. The molecule has 122 valence electrons. The minimum atomic E-state index is -0.835. The molecule has 1 amide bonds. The Balaban J connectivity index is 2.99. The van der Waals surface area contributed by atoms with Crippen LogP contribution in [-0.2, 0) is 4.79 Å². The van der Waals surface area contributed by atoms with E-state index in [0.717, 1.165) is 19.4 Å². The van der Waals surface area contributed by atoms with Gasteiger partial charge in [0.1, 0.15) is 5.41 Å². The predicted octanol–water partition coefficient (Wildman–Crippen LogP) is 2.97. The van der Waals surface area contributed by atoms with Crippen molar-refractivity contribution in [3.8, 4) is 0 Å². The number of hydrogen-bond donors (Lipinski definition) is 2. The second-order valence-corrected chi connectivity index (χ2v) is 6.21. The third-order valence-electron chi connectivity index (χ3n) is 4.73. The average molecular weight is 297 g/mol. The van der Waals surface area contributed by atoms with Crippen LogP contribution in [0.1, 0.15) is 65.7 Å². The van der Waals surface area contributed by atoms with Crippen LogP contribution in [-0.4, -0.2) is 34.9 Å². The lowest BCUT2D eigenvalue weighted by Gasteiger charge is -2.39. The summed E-state index contributed by atoms with van der Waals surface area (Å²) in [6.45, 7) is 7.56. The van der Waals surface area contributed by atoms with Crippen LogP contribution in [0.25, 0.3) is 0 Å². The highest BCUT2D eigenvalue weighted by atomic mass is 16.4. The van der Waals surface area contributed by atoms with Gasteiger partial charge in [-0.1, -0.05) is 38.3 Å². The fourth-order valence-corrected chi connectivity index (χ4v) is 3.30. The fourth-order valence-electron chi connectivity index (χ4n) is 3.30. The topological polar surface area (TPSA) is 78.9 Å². The van der Waals surface area contributed by atoms with Gasteiger partial charge < -0.3 is 15.8 Å². The molecule has 0 aliphatic heterocycles. The van der Waals surface area contributed by atoms with E-state index in [-0.39, 0.29) is 11.7 Å². The Hall–Kier alpha value is -1.26. The van der Waals surface area contributed by atoms with Crippen molar-refractivity contribution in [3.05, 3.63) is 0 Å². The highest BCUT2D eigenvalue weighted by molar-refractivity contribution is 6.06. The molecule has 0 atom stereocenters. The van der Waals surface area contributed by atoms with Crippen molar-refractivity contribution in [3.63, 3.8) is 0 Å². The van der Waals surface area contributed by atoms with Gasteiger partial charge in [-0.2, -0.15) is 0 Å². The van der Waals surface area contributed by atoms with Gasteiger partial charge in [0.15, 0.2) is 5.84 Å². The van der Waals surface area contributed by atoms with Crippen LogP contribution in [0.15, 0.2) is 5.16 Å². The van der Waals surface area contributed by atoms with Crippen LogP contribution in [0.4, 0.5) is 0 Å². The van der Waals surface area contributed by atoms with Gasteiger partial charge in [0, 0.05) is 13.1 Å². The number of amidine groups is 1. The molecule has 0 saturated heterocycles. The van der Waals surface area contributed by atoms with Crippen molar-refractivity contribution in [2.45, 2.75) is 65.7 Å². The summed E-state index contributed by atoms with van der Waals surface area (Å²) < 4.78 is 0. The zero-order chi connectivity index (χ0) is 15.9. The summed E-state index contributed by atoms with van der Waals surface area (Å²) >= 11 is 0. The first-order valence-electron chi connectivity index (χ1n) is 8.33. The van der Waals surface area contributed by atoms with E-state index in [0.29, 0.717) is 25.3 Å². The van der Waals surface area contributed by atoms with Gasteiger partial charge >= 0.3 is 0 Å². The summed E-state index contributed by atoms with van der Waals surface area (Å²) in [7, 11) is 0. The van der Waals surface area contributed by atoms with E-state index in [1.807, 2.05) is 25.7 Å². The van der Waals surface area contributed by atoms with Crippen LogP contribution in [0.3, 0.4) is 0 Å². The summed E-state index contributed by atoms with van der Waals surface area (Å²) in [5.74, 6) is 0.737. The molecular weight excluding hydrogens is 266 g/mol. The van der Waals surface area contributed by atoms with Crippen molar-refractivity contribution < 1.29 is 10.0 Å². The smallest absolute Gasteiger partial charge is 0.236 e. The maximum atomic E-state index is 13.1. The summed E-state index contributed by atoms with van der Waals surface area (Å²) in [4.78, 5) is 15.0. The minimum absolute atomic E-state index is 0.0379. The molecule has 0 bridgehead atoms. The summed E-state index contributed by atoms with van der Waals surface area (Å²) in [5, 5.41) is 12.4. The first-order valence-corrected chi connectivity index (χ1v) is 8.33. The molecule has 0 aromatic carbocycles. The quantitative estimate of drug-likeness (QED) is 0.297. The first-order chi connectivity index (χ1) is 10.1. The van der Waals surface area contributed by atoms with E-state index >= 15 is 0 Å². The number of carbonyl (C=O) groups excluding carboxylic acids is 1. The zero-order valence-electron chi connectivity index (χ0n) is 13.8. The number of hydrogen-bond acceptors (Lipinski definition) is 3. The molecule has 0 radical (unpaired) electrons. The van der Waals surface area contributed by atoms with Crippen molar-refractivity contribution in [1.82, 2.24) is 4.90 Å². The van der Waals surface area contributed by atoms with Crippen LogP contribution >= 0.6 is 0 Å². The Labute approximate surface area is 128 Å². The number of nitrogens with zero attached hydrogens (tertiary/aromatic N) is 2. The van der Waals surface area contributed by atoms with Crippen LogP contribution in [0.5, 0.6) is 0 Å². The molecule has 0 aromatic rings. The fraction of sp³-hybridized carbons (Fsp3) is 0.875. The molecule has 0 heterocycles. The number of rotatable bonds is 9. The summed E-state index contributed by atoms with van der Waals surface area (Å²) in [6, 6.07) is 0.